The van der Waals surface area contributed by atoms with E-state index in [1.54, 1.807) is 0 Å². The minimum absolute atomic E-state index is 0.103. The van der Waals surface area contributed by atoms with Crippen molar-refractivity contribution in [2.24, 2.45) is 0 Å². The Kier molecular flexibility index (Phi) is 57.3. The summed E-state index contributed by atoms with van der Waals surface area (Å²) in [5, 5.41) is 0. The largest absolute Gasteiger partial charge is 0.462 e. The number of carbonyl (C=O) groups is 3. The molecule has 0 aliphatic heterocycles. The van der Waals surface area contributed by atoms with Gasteiger partial charge in [-0.1, -0.05) is 266 Å². The molecule has 0 fully saturated rings. The Bertz CT molecular complexity index is 1380. The van der Waals surface area contributed by atoms with E-state index in [1.807, 2.05) is 6.08 Å². The van der Waals surface area contributed by atoms with Crippen molar-refractivity contribution >= 4 is 17.9 Å². The smallest absolute Gasteiger partial charge is 0.306 e. The Morgan fingerprint density at radius 2 is 0.583 bits per heavy atom. The molecule has 0 rings (SSSR count). The molecule has 414 valence electrons. The van der Waals surface area contributed by atoms with Gasteiger partial charge in [-0.2, -0.15) is 0 Å². The van der Waals surface area contributed by atoms with Gasteiger partial charge in [-0.25, -0.2) is 0 Å². The van der Waals surface area contributed by atoms with E-state index in [-0.39, 0.29) is 37.5 Å². The van der Waals surface area contributed by atoms with E-state index in [0.717, 1.165) is 89.9 Å². The Hall–Kier alpha value is -3.41. The summed E-state index contributed by atoms with van der Waals surface area (Å²) in [6.45, 7) is 6.43. The van der Waals surface area contributed by atoms with Crippen LogP contribution in [0.2, 0.25) is 0 Å². The molecular weight excluding hydrogens is 889 g/mol. The number of hydrogen-bond acceptors (Lipinski definition) is 6. The molecule has 0 saturated carbocycles. The van der Waals surface area contributed by atoms with E-state index in [2.05, 4.69) is 99.8 Å². The third-order valence-corrected chi connectivity index (χ3v) is 13.1. The van der Waals surface area contributed by atoms with Crippen LogP contribution in [0.25, 0.3) is 0 Å². The summed E-state index contributed by atoms with van der Waals surface area (Å²) in [4.78, 5) is 38.1. The van der Waals surface area contributed by atoms with Gasteiger partial charge in [0.1, 0.15) is 13.2 Å². The molecule has 0 aromatic rings. The SMILES string of the molecule is CC/C=C\C/C=C\C/C=C\C/C=C\CCC(=O)OCC(COC(=O)CCCCCCCCCCCCCCCCC/C=C\CCCCCCCCCC)OC(=O)CCCCCCC/C=C\C/C=C\CCCC. The molecule has 6 heteroatoms. The van der Waals surface area contributed by atoms with Crippen LogP contribution in [0.1, 0.15) is 297 Å². The maximum absolute atomic E-state index is 12.8. The Labute approximate surface area is 445 Å². The van der Waals surface area contributed by atoms with Crippen LogP contribution in [0.15, 0.2) is 85.1 Å². The summed E-state index contributed by atoms with van der Waals surface area (Å²) in [7, 11) is 0. The summed E-state index contributed by atoms with van der Waals surface area (Å²) in [5.41, 5.74) is 0. The number of rotatable bonds is 55. The van der Waals surface area contributed by atoms with E-state index >= 15 is 0 Å². The van der Waals surface area contributed by atoms with Crippen molar-refractivity contribution < 1.29 is 28.6 Å². The summed E-state index contributed by atoms with van der Waals surface area (Å²) in [5.74, 6) is -0.996. The molecule has 0 saturated heterocycles. The molecule has 0 heterocycles. The number of ether oxygens (including phenoxy) is 3. The van der Waals surface area contributed by atoms with Crippen LogP contribution >= 0.6 is 0 Å². The van der Waals surface area contributed by atoms with Gasteiger partial charge in [-0.3, -0.25) is 14.4 Å². The minimum Gasteiger partial charge on any atom is -0.462 e. The lowest BCUT2D eigenvalue weighted by Gasteiger charge is -2.18. The first kappa shape index (κ1) is 68.6. The van der Waals surface area contributed by atoms with Gasteiger partial charge in [-0.05, 0) is 96.3 Å². The normalized spacial score (nSPS) is 12.7. The van der Waals surface area contributed by atoms with E-state index in [4.69, 9.17) is 14.2 Å². The topological polar surface area (TPSA) is 78.9 Å². The molecule has 0 radical (unpaired) electrons. The Morgan fingerprint density at radius 3 is 0.986 bits per heavy atom. The Morgan fingerprint density at radius 1 is 0.292 bits per heavy atom. The average molecular weight is 1000 g/mol. The highest BCUT2D eigenvalue weighted by Crippen LogP contribution is 2.16. The molecule has 0 amide bonds. The molecule has 72 heavy (non-hydrogen) atoms. The highest BCUT2D eigenvalue weighted by Gasteiger charge is 2.19. The van der Waals surface area contributed by atoms with Crippen molar-refractivity contribution in [1.29, 1.82) is 0 Å². The van der Waals surface area contributed by atoms with E-state index in [9.17, 15) is 14.4 Å². The zero-order valence-corrected chi connectivity index (χ0v) is 47.4. The van der Waals surface area contributed by atoms with Crippen LogP contribution < -0.4 is 0 Å². The first-order chi connectivity index (χ1) is 35.5. The second-order valence-corrected chi connectivity index (χ2v) is 20.2. The molecule has 0 aliphatic rings. The summed E-state index contributed by atoms with van der Waals surface area (Å²) >= 11 is 0. The summed E-state index contributed by atoms with van der Waals surface area (Å²) in [6.07, 6.45) is 79.0. The fraction of sp³-hybridized carbons (Fsp3) is 0.742. The second-order valence-electron chi connectivity index (χ2n) is 20.2. The molecule has 0 spiro atoms. The van der Waals surface area contributed by atoms with Gasteiger partial charge in [-0.15, -0.1) is 0 Å². The van der Waals surface area contributed by atoms with Crippen molar-refractivity contribution in [1.82, 2.24) is 0 Å². The lowest BCUT2D eigenvalue weighted by Crippen LogP contribution is -2.30. The highest BCUT2D eigenvalue weighted by atomic mass is 16.6. The molecule has 1 atom stereocenters. The average Bonchev–Trinajstić information content (AvgIpc) is 3.38. The van der Waals surface area contributed by atoms with E-state index < -0.39 is 6.10 Å². The molecule has 0 N–H and O–H groups in total. The van der Waals surface area contributed by atoms with Crippen LogP contribution in [0.3, 0.4) is 0 Å². The molecule has 1 unspecified atom stereocenters. The quantitative estimate of drug-likeness (QED) is 0.0261. The monoisotopic (exact) mass is 1000 g/mol. The van der Waals surface area contributed by atoms with E-state index in [1.165, 1.54) is 161 Å². The third kappa shape index (κ3) is 57.5. The third-order valence-electron chi connectivity index (χ3n) is 13.1. The predicted molar refractivity (Wildman–Crippen MR) is 311 cm³/mol. The zero-order valence-electron chi connectivity index (χ0n) is 47.4. The lowest BCUT2D eigenvalue weighted by atomic mass is 10.0. The van der Waals surface area contributed by atoms with Gasteiger partial charge in [0, 0.05) is 19.3 Å². The summed E-state index contributed by atoms with van der Waals surface area (Å²) in [6, 6.07) is 0. The molecule has 0 aromatic heterocycles. The van der Waals surface area contributed by atoms with Crippen LogP contribution in [0, 0.1) is 0 Å². The fourth-order valence-corrected chi connectivity index (χ4v) is 8.53. The van der Waals surface area contributed by atoms with Gasteiger partial charge in [0.05, 0.1) is 0 Å². The molecular formula is C66H114O6. The first-order valence-corrected chi connectivity index (χ1v) is 30.6. The van der Waals surface area contributed by atoms with Crippen molar-refractivity contribution in [3.63, 3.8) is 0 Å². The van der Waals surface area contributed by atoms with Crippen LogP contribution in [0.4, 0.5) is 0 Å². The zero-order chi connectivity index (χ0) is 52.2. The van der Waals surface area contributed by atoms with Gasteiger partial charge < -0.3 is 14.2 Å². The van der Waals surface area contributed by atoms with Crippen molar-refractivity contribution in [2.75, 3.05) is 13.2 Å². The van der Waals surface area contributed by atoms with Gasteiger partial charge in [0.15, 0.2) is 6.10 Å². The fourth-order valence-electron chi connectivity index (χ4n) is 8.53. The van der Waals surface area contributed by atoms with Crippen LogP contribution in [-0.2, 0) is 28.6 Å². The second kappa shape index (κ2) is 60.1. The maximum atomic E-state index is 12.8. The molecule has 6 nitrogen and oxygen atoms in total. The number of unbranched alkanes of at least 4 members (excludes halogenated alkanes) is 30. The lowest BCUT2D eigenvalue weighted by molar-refractivity contribution is -0.166. The number of hydrogen-bond donors (Lipinski definition) is 0. The van der Waals surface area contributed by atoms with Crippen molar-refractivity contribution in [2.45, 2.75) is 303 Å². The summed E-state index contributed by atoms with van der Waals surface area (Å²) < 4.78 is 16.8. The molecule has 0 aromatic carbocycles. The Balaban J connectivity index is 4.26. The standard InChI is InChI=1S/C66H114O6/c1-4-7-10-13-16-19-22-25-27-28-29-30-31-32-33-34-35-36-37-38-39-42-44-47-50-53-56-59-65(68)71-62-63(61-70-64(67)58-55-52-49-46-43-40-24-21-18-15-12-9-6-3)72-66(69)60-57-54-51-48-45-41-26-23-20-17-14-11-8-5-2/h9,12,14,17-18,21,23,26,28-29,40,43,49,52,63H,4-8,10-11,13,15-16,19-20,22,24-25,27,30-39,41-42,44-48,50-51,53-62H2,1-3H3/b12-9-,17-14-,21-18-,26-23-,29-28-,43-40-,52-49-. The number of allylic oxidation sites excluding steroid dienone is 14. The molecule has 0 bridgehead atoms. The minimum atomic E-state index is -0.812. The predicted octanol–water partition coefficient (Wildman–Crippen LogP) is 20.7. The van der Waals surface area contributed by atoms with Crippen molar-refractivity contribution in [3.8, 4) is 0 Å². The van der Waals surface area contributed by atoms with Gasteiger partial charge >= 0.3 is 17.9 Å². The van der Waals surface area contributed by atoms with Crippen LogP contribution in [-0.4, -0.2) is 37.2 Å². The van der Waals surface area contributed by atoms with Gasteiger partial charge in [0.2, 0.25) is 0 Å². The molecule has 0 aliphatic carbocycles. The van der Waals surface area contributed by atoms with Crippen molar-refractivity contribution in [3.05, 3.63) is 85.1 Å². The van der Waals surface area contributed by atoms with Gasteiger partial charge in [0.25, 0.3) is 0 Å². The maximum Gasteiger partial charge on any atom is 0.306 e. The van der Waals surface area contributed by atoms with E-state index in [0.29, 0.717) is 19.3 Å². The number of carbonyl (C=O) groups excluding carboxylic acids is 3. The number of esters is 3. The highest BCUT2D eigenvalue weighted by molar-refractivity contribution is 5.71. The van der Waals surface area contributed by atoms with Crippen LogP contribution in [0.5, 0.6) is 0 Å². The first-order valence-electron chi connectivity index (χ1n) is 30.6.